The first-order chi connectivity index (χ1) is 13.1. The summed E-state index contributed by atoms with van der Waals surface area (Å²) in [5, 5.41) is 18.1. The number of hydrogen-bond acceptors (Lipinski definition) is 5. The molecular formula is C19H13N3O5. The monoisotopic (exact) mass is 363 g/mol. The summed E-state index contributed by atoms with van der Waals surface area (Å²) in [4.78, 5) is 23.4. The lowest BCUT2D eigenvalue weighted by molar-refractivity contribution is 0.0665. The summed E-state index contributed by atoms with van der Waals surface area (Å²) in [6.07, 6.45) is 0. The van der Waals surface area contributed by atoms with Crippen LogP contribution in [0.1, 0.15) is 20.9 Å². The number of amides is 1. The second-order valence-corrected chi connectivity index (χ2v) is 5.62. The molecule has 0 aliphatic heterocycles. The smallest absolute Gasteiger partial charge is 0.371 e. The molecule has 0 saturated heterocycles. The Bertz CT molecular complexity index is 1110. The van der Waals surface area contributed by atoms with Gasteiger partial charge in [-0.2, -0.15) is 5.10 Å². The number of rotatable bonds is 5. The van der Waals surface area contributed by atoms with E-state index in [-0.39, 0.29) is 17.2 Å². The molecule has 0 bridgehead atoms. The summed E-state index contributed by atoms with van der Waals surface area (Å²) in [6, 6.07) is 17.2. The van der Waals surface area contributed by atoms with E-state index in [4.69, 9.17) is 14.3 Å². The van der Waals surface area contributed by atoms with E-state index in [1.54, 1.807) is 24.3 Å². The zero-order chi connectivity index (χ0) is 18.8. The molecule has 0 aliphatic carbocycles. The van der Waals surface area contributed by atoms with Gasteiger partial charge in [-0.05, 0) is 36.4 Å². The summed E-state index contributed by atoms with van der Waals surface area (Å²) in [5.41, 5.74) is 0.940. The Balaban J connectivity index is 1.49. The van der Waals surface area contributed by atoms with Gasteiger partial charge in [-0.15, -0.1) is 0 Å². The number of ether oxygens (including phenoxy) is 1. The Kier molecular flexibility index (Phi) is 4.06. The number of nitrogens with one attached hydrogen (secondary N) is 2. The van der Waals surface area contributed by atoms with Gasteiger partial charge in [0, 0.05) is 11.6 Å². The molecule has 27 heavy (non-hydrogen) atoms. The fraction of sp³-hybridized carbons (Fsp3) is 0. The highest BCUT2D eigenvalue weighted by Gasteiger charge is 2.18. The molecule has 8 heteroatoms. The van der Waals surface area contributed by atoms with Crippen molar-refractivity contribution in [3.63, 3.8) is 0 Å². The molecule has 0 saturated carbocycles. The van der Waals surface area contributed by atoms with Crippen molar-refractivity contribution in [1.29, 1.82) is 0 Å². The number of furan rings is 1. The average molecular weight is 363 g/mol. The standard InChI is InChI=1S/C19H13N3O5/c23-18(20-17-16-14(21-22-17)10-15(27-16)19(24)25)11-6-8-13(9-7-11)26-12-4-2-1-3-5-12/h1-10H,(H,24,25)(H2,20,21,22,23). The molecule has 1 amide bonds. The van der Waals surface area contributed by atoms with Gasteiger partial charge in [-0.25, -0.2) is 4.79 Å². The molecule has 0 aliphatic rings. The van der Waals surface area contributed by atoms with Crippen molar-refractivity contribution < 1.29 is 23.8 Å². The predicted octanol–water partition coefficient (Wildman–Crippen LogP) is 3.90. The van der Waals surface area contributed by atoms with E-state index in [1.807, 2.05) is 30.3 Å². The second kappa shape index (κ2) is 6.68. The van der Waals surface area contributed by atoms with E-state index < -0.39 is 11.9 Å². The number of carboxylic acid groups (broad SMARTS) is 1. The van der Waals surface area contributed by atoms with Crippen LogP contribution in [-0.2, 0) is 0 Å². The number of hydrogen-bond donors (Lipinski definition) is 3. The van der Waals surface area contributed by atoms with E-state index in [2.05, 4.69) is 15.5 Å². The van der Waals surface area contributed by atoms with Crippen LogP contribution < -0.4 is 10.1 Å². The number of carbonyl (C=O) groups is 2. The molecule has 0 fully saturated rings. The third-order valence-corrected chi connectivity index (χ3v) is 3.77. The summed E-state index contributed by atoms with van der Waals surface area (Å²) in [7, 11) is 0. The molecule has 0 radical (unpaired) electrons. The molecule has 2 aromatic carbocycles. The summed E-state index contributed by atoms with van der Waals surface area (Å²) < 4.78 is 10.9. The highest BCUT2D eigenvalue weighted by atomic mass is 16.5. The van der Waals surface area contributed by atoms with Crippen LogP contribution in [0, 0.1) is 0 Å². The van der Waals surface area contributed by atoms with Gasteiger partial charge in [0.15, 0.2) is 11.4 Å². The molecule has 2 aromatic heterocycles. The minimum Gasteiger partial charge on any atom is -0.475 e. The summed E-state index contributed by atoms with van der Waals surface area (Å²) in [6.45, 7) is 0. The van der Waals surface area contributed by atoms with Crippen LogP contribution in [0.2, 0.25) is 0 Å². The van der Waals surface area contributed by atoms with Gasteiger partial charge in [0.1, 0.15) is 17.0 Å². The largest absolute Gasteiger partial charge is 0.475 e. The van der Waals surface area contributed by atoms with E-state index in [9.17, 15) is 9.59 Å². The maximum Gasteiger partial charge on any atom is 0.371 e. The van der Waals surface area contributed by atoms with Crippen molar-refractivity contribution in [2.24, 2.45) is 0 Å². The van der Waals surface area contributed by atoms with E-state index in [1.165, 1.54) is 6.07 Å². The Morgan fingerprint density at radius 3 is 2.44 bits per heavy atom. The zero-order valence-electron chi connectivity index (χ0n) is 13.8. The van der Waals surface area contributed by atoms with Crippen molar-refractivity contribution in [3.05, 3.63) is 72.0 Å². The van der Waals surface area contributed by atoms with Gasteiger partial charge < -0.3 is 19.6 Å². The van der Waals surface area contributed by atoms with Crippen LogP contribution in [0.15, 0.2) is 65.1 Å². The Labute approximate surface area is 152 Å². The molecule has 0 unspecified atom stereocenters. The Morgan fingerprint density at radius 2 is 1.74 bits per heavy atom. The first-order valence-electron chi connectivity index (χ1n) is 7.95. The number of nitrogens with zero attached hydrogens (tertiary/aromatic N) is 1. The van der Waals surface area contributed by atoms with Crippen LogP contribution >= 0.6 is 0 Å². The fourth-order valence-electron chi connectivity index (χ4n) is 2.49. The third kappa shape index (κ3) is 3.36. The fourth-order valence-corrected chi connectivity index (χ4v) is 2.49. The summed E-state index contributed by atoms with van der Waals surface area (Å²) in [5.74, 6) is -0.449. The van der Waals surface area contributed by atoms with Crippen molar-refractivity contribution in [2.45, 2.75) is 0 Å². The number of aromatic carboxylic acids is 1. The predicted molar refractivity (Wildman–Crippen MR) is 96.2 cm³/mol. The Hall–Kier alpha value is -4.07. The quantitative estimate of drug-likeness (QED) is 0.495. The molecular weight excluding hydrogens is 350 g/mol. The normalized spacial score (nSPS) is 10.7. The first-order valence-corrected chi connectivity index (χ1v) is 7.95. The van der Waals surface area contributed by atoms with Gasteiger partial charge in [0.05, 0.1) is 0 Å². The number of fused-ring (bicyclic) bond motifs is 1. The van der Waals surface area contributed by atoms with E-state index >= 15 is 0 Å². The topological polar surface area (TPSA) is 117 Å². The number of para-hydroxylation sites is 1. The third-order valence-electron chi connectivity index (χ3n) is 3.77. The minimum atomic E-state index is -1.20. The number of anilines is 1. The number of benzene rings is 2. The molecule has 134 valence electrons. The average Bonchev–Trinajstić information content (AvgIpc) is 3.25. The second-order valence-electron chi connectivity index (χ2n) is 5.62. The lowest BCUT2D eigenvalue weighted by atomic mass is 10.2. The first kappa shape index (κ1) is 16.4. The van der Waals surface area contributed by atoms with Crippen LogP contribution in [-0.4, -0.2) is 27.2 Å². The minimum absolute atomic E-state index is 0.118. The number of H-pyrrole nitrogens is 1. The molecule has 4 rings (SSSR count). The highest BCUT2D eigenvalue weighted by Crippen LogP contribution is 2.25. The number of aromatic amines is 1. The lowest BCUT2D eigenvalue weighted by Gasteiger charge is -2.06. The number of carboxylic acids is 1. The highest BCUT2D eigenvalue weighted by molar-refractivity contribution is 6.07. The summed E-state index contributed by atoms with van der Waals surface area (Å²) >= 11 is 0. The molecule has 3 N–H and O–H groups in total. The van der Waals surface area contributed by atoms with Crippen molar-refractivity contribution in [1.82, 2.24) is 10.2 Å². The zero-order valence-corrected chi connectivity index (χ0v) is 13.8. The maximum atomic E-state index is 12.4. The Morgan fingerprint density at radius 1 is 1.04 bits per heavy atom. The number of carbonyl (C=O) groups excluding carboxylic acids is 1. The van der Waals surface area contributed by atoms with Crippen LogP contribution in [0.4, 0.5) is 5.82 Å². The lowest BCUT2D eigenvalue weighted by Crippen LogP contribution is -2.12. The van der Waals surface area contributed by atoms with E-state index in [0.29, 0.717) is 22.6 Å². The van der Waals surface area contributed by atoms with Crippen LogP contribution in [0.5, 0.6) is 11.5 Å². The van der Waals surface area contributed by atoms with Crippen LogP contribution in [0.25, 0.3) is 11.1 Å². The van der Waals surface area contributed by atoms with Gasteiger partial charge in [0.25, 0.3) is 5.91 Å². The van der Waals surface area contributed by atoms with Gasteiger partial charge in [0.2, 0.25) is 5.76 Å². The van der Waals surface area contributed by atoms with E-state index in [0.717, 1.165) is 0 Å². The molecule has 2 heterocycles. The van der Waals surface area contributed by atoms with Gasteiger partial charge in [-0.3, -0.25) is 9.89 Å². The molecule has 8 nitrogen and oxygen atoms in total. The van der Waals surface area contributed by atoms with Gasteiger partial charge in [-0.1, -0.05) is 18.2 Å². The van der Waals surface area contributed by atoms with Crippen molar-refractivity contribution >= 4 is 28.8 Å². The van der Waals surface area contributed by atoms with Crippen molar-refractivity contribution in [3.8, 4) is 11.5 Å². The molecule has 0 atom stereocenters. The maximum absolute atomic E-state index is 12.4. The molecule has 0 spiro atoms. The number of aromatic nitrogens is 2. The SMILES string of the molecule is O=C(Nc1n[nH]c2cc(C(=O)O)oc12)c1ccc(Oc2ccccc2)cc1. The molecule has 4 aromatic rings. The van der Waals surface area contributed by atoms with Gasteiger partial charge >= 0.3 is 5.97 Å². The van der Waals surface area contributed by atoms with Crippen LogP contribution in [0.3, 0.4) is 0 Å². The van der Waals surface area contributed by atoms with Crippen molar-refractivity contribution in [2.75, 3.05) is 5.32 Å².